The van der Waals surface area contributed by atoms with Gasteiger partial charge >= 0.3 is 0 Å². The van der Waals surface area contributed by atoms with E-state index in [1.807, 2.05) is 4.90 Å². The Morgan fingerprint density at radius 1 is 1.15 bits per heavy atom. The van der Waals surface area contributed by atoms with Crippen molar-refractivity contribution in [3.8, 4) is 0 Å². The number of fused-ring (bicyclic) bond motifs is 3. The zero-order chi connectivity index (χ0) is 13.5. The van der Waals surface area contributed by atoms with Gasteiger partial charge in [0, 0.05) is 10.8 Å². The van der Waals surface area contributed by atoms with E-state index in [4.69, 9.17) is 14.0 Å². The third kappa shape index (κ3) is 1.78. The molecule has 0 saturated carbocycles. The van der Waals surface area contributed by atoms with E-state index >= 15 is 0 Å². The normalized spacial score (nSPS) is 25.9. The fraction of sp³-hybridized carbons (Fsp3) is 0.462. The van der Waals surface area contributed by atoms with Gasteiger partial charge in [0.1, 0.15) is 5.52 Å². The predicted molar refractivity (Wildman–Crippen MR) is 67.2 cm³/mol. The predicted octanol–water partition coefficient (Wildman–Crippen LogP) is 0.463. The van der Waals surface area contributed by atoms with Crippen LogP contribution >= 0.6 is 0 Å². The number of carbonyl (C=O) groups excluding carboxylic acids is 1. The molecule has 0 aliphatic carbocycles. The molecule has 7 heteroatoms. The summed E-state index contributed by atoms with van der Waals surface area (Å²) >= 11 is 0. The summed E-state index contributed by atoms with van der Waals surface area (Å²) in [7, 11) is 0. The average molecular weight is 275 g/mol. The Morgan fingerprint density at radius 3 is 2.55 bits per heavy atom. The molecule has 104 valence electrons. The second-order valence-corrected chi connectivity index (χ2v) is 5.05. The summed E-state index contributed by atoms with van der Waals surface area (Å²) in [5, 5.41) is 7.32. The lowest BCUT2D eigenvalue weighted by Gasteiger charge is -2.45. The summed E-state index contributed by atoms with van der Waals surface area (Å²) in [4.78, 5) is 14.6. The molecule has 0 unspecified atom stereocenters. The zero-order valence-electron chi connectivity index (χ0n) is 10.7. The molecular formula is C13H13N3O4. The summed E-state index contributed by atoms with van der Waals surface area (Å²) in [6, 6.07) is 5.14. The highest BCUT2D eigenvalue weighted by Crippen LogP contribution is 2.23. The monoisotopic (exact) mass is 275 g/mol. The van der Waals surface area contributed by atoms with Crippen molar-refractivity contribution < 1.29 is 18.8 Å². The molecule has 2 aromatic rings. The van der Waals surface area contributed by atoms with Crippen molar-refractivity contribution in [2.24, 2.45) is 0 Å². The Bertz CT molecular complexity index is 634. The van der Waals surface area contributed by atoms with E-state index in [0.717, 1.165) is 0 Å². The zero-order valence-corrected chi connectivity index (χ0v) is 10.7. The van der Waals surface area contributed by atoms with E-state index in [0.29, 0.717) is 43.1 Å². The van der Waals surface area contributed by atoms with Crippen LogP contribution in [0.4, 0.5) is 0 Å². The molecule has 2 saturated heterocycles. The number of aromatic nitrogens is 2. The molecule has 1 aromatic carbocycles. The maximum atomic E-state index is 12.7. The number of rotatable bonds is 1. The number of ether oxygens (including phenoxy) is 2. The second kappa shape index (κ2) is 4.53. The van der Waals surface area contributed by atoms with Crippen LogP contribution in [0.15, 0.2) is 22.7 Å². The highest BCUT2D eigenvalue weighted by Gasteiger charge is 2.38. The van der Waals surface area contributed by atoms with Gasteiger partial charge in [-0.25, -0.2) is 0 Å². The van der Waals surface area contributed by atoms with Crippen LogP contribution in [0.5, 0.6) is 0 Å². The number of carbonyl (C=O) groups is 1. The second-order valence-electron chi connectivity index (χ2n) is 5.05. The number of morpholine rings is 2. The van der Waals surface area contributed by atoms with E-state index in [1.165, 1.54) is 0 Å². The molecule has 7 nitrogen and oxygen atoms in total. The van der Waals surface area contributed by atoms with E-state index in [9.17, 15) is 4.79 Å². The standard InChI is InChI=1S/C13H13N3O4/c17-13(8-1-2-12-11(3-8)14-15-20-12)16-9-4-18-6-10(16)7-19-5-9/h1-3,9-10H,4-7H2. The first-order chi connectivity index (χ1) is 9.83. The number of hydrogen-bond donors (Lipinski definition) is 0. The SMILES string of the molecule is O=C(c1ccc2onnc2c1)N1C2COCC1COC2. The van der Waals surface area contributed by atoms with Crippen molar-refractivity contribution >= 4 is 17.0 Å². The van der Waals surface area contributed by atoms with Crippen LogP contribution in [0.1, 0.15) is 10.4 Å². The van der Waals surface area contributed by atoms with Crippen LogP contribution in [0.2, 0.25) is 0 Å². The molecule has 2 aliphatic heterocycles. The lowest BCUT2D eigenvalue weighted by molar-refractivity contribution is -0.119. The molecule has 4 rings (SSSR count). The summed E-state index contributed by atoms with van der Waals surface area (Å²) in [6.07, 6.45) is 0. The lowest BCUT2D eigenvalue weighted by Crippen LogP contribution is -2.61. The van der Waals surface area contributed by atoms with Crippen LogP contribution in [0.3, 0.4) is 0 Å². The average Bonchev–Trinajstić information content (AvgIpc) is 2.93. The minimum Gasteiger partial charge on any atom is -0.377 e. The Kier molecular flexibility index (Phi) is 2.68. The summed E-state index contributed by atoms with van der Waals surface area (Å²) in [5.74, 6) is -0.0171. The largest absolute Gasteiger partial charge is 0.377 e. The quantitative estimate of drug-likeness (QED) is 0.752. The molecule has 20 heavy (non-hydrogen) atoms. The number of hydrogen-bond acceptors (Lipinski definition) is 6. The van der Waals surface area contributed by atoms with Gasteiger partial charge in [-0.15, -0.1) is 5.10 Å². The van der Waals surface area contributed by atoms with Crippen LogP contribution in [-0.2, 0) is 9.47 Å². The Labute approximate surface area is 114 Å². The maximum Gasteiger partial charge on any atom is 0.254 e. The van der Waals surface area contributed by atoms with Gasteiger partial charge in [0.2, 0.25) is 0 Å². The van der Waals surface area contributed by atoms with Gasteiger partial charge in [-0.05, 0) is 18.2 Å². The van der Waals surface area contributed by atoms with Crippen molar-refractivity contribution in [3.63, 3.8) is 0 Å². The fourth-order valence-electron chi connectivity index (χ4n) is 2.79. The smallest absolute Gasteiger partial charge is 0.254 e. The molecule has 2 fully saturated rings. The summed E-state index contributed by atoms with van der Waals surface area (Å²) in [6.45, 7) is 2.10. The number of nitrogens with zero attached hydrogens (tertiary/aromatic N) is 3. The third-order valence-corrected chi connectivity index (χ3v) is 3.76. The van der Waals surface area contributed by atoms with Gasteiger partial charge in [-0.2, -0.15) is 0 Å². The molecular weight excluding hydrogens is 262 g/mol. The van der Waals surface area contributed by atoms with Gasteiger partial charge in [0.05, 0.1) is 38.5 Å². The van der Waals surface area contributed by atoms with E-state index in [2.05, 4.69) is 10.4 Å². The van der Waals surface area contributed by atoms with Crippen molar-refractivity contribution in [2.75, 3.05) is 26.4 Å². The highest BCUT2D eigenvalue weighted by molar-refractivity contribution is 5.97. The fourth-order valence-corrected chi connectivity index (χ4v) is 2.79. The Morgan fingerprint density at radius 2 is 1.85 bits per heavy atom. The first-order valence-electron chi connectivity index (χ1n) is 6.53. The number of benzene rings is 1. The molecule has 0 N–H and O–H groups in total. The molecule has 3 heterocycles. The van der Waals surface area contributed by atoms with Crippen molar-refractivity contribution in [2.45, 2.75) is 12.1 Å². The molecule has 1 amide bonds. The van der Waals surface area contributed by atoms with Gasteiger partial charge in [-0.3, -0.25) is 4.79 Å². The van der Waals surface area contributed by atoms with E-state index in [-0.39, 0.29) is 18.0 Å². The maximum absolute atomic E-state index is 12.7. The summed E-state index contributed by atoms with van der Waals surface area (Å²) < 4.78 is 15.9. The minimum atomic E-state index is -0.0171. The van der Waals surface area contributed by atoms with Crippen molar-refractivity contribution in [1.29, 1.82) is 0 Å². The highest BCUT2D eigenvalue weighted by atomic mass is 16.5. The third-order valence-electron chi connectivity index (χ3n) is 3.76. The molecule has 0 atom stereocenters. The van der Waals surface area contributed by atoms with Crippen molar-refractivity contribution in [1.82, 2.24) is 15.3 Å². The first kappa shape index (κ1) is 11.8. The summed E-state index contributed by atoms with van der Waals surface area (Å²) in [5.41, 5.74) is 1.75. The van der Waals surface area contributed by atoms with Gasteiger partial charge in [0.15, 0.2) is 5.58 Å². The van der Waals surface area contributed by atoms with Crippen LogP contribution in [-0.4, -0.2) is 59.7 Å². The topological polar surface area (TPSA) is 77.7 Å². The molecule has 0 spiro atoms. The molecule has 2 aliphatic rings. The van der Waals surface area contributed by atoms with Gasteiger partial charge < -0.3 is 18.9 Å². The lowest BCUT2D eigenvalue weighted by atomic mass is 10.1. The van der Waals surface area contributed by atoms with Crippen LogP contribution < -0.4 is 0 Å². The molecule has 2 bridgehead atoms. The molecule has 1 aromatic heterocycles. The van der Waals surface area contributed by atoms with Crippen molar-refractivity contribution in [3.05, 3.63) is 23.8 Å². The van der Waals surface area contributed by atoms with Gasteiger partial charge in [0.25, 0.3) is 5.91 Å². The van der Waals surface area contributed by atoms with Crippen LogP contribution in [0, 0.1) is 0 Å². The first-order valence-corrected chi connectivity index (χ1v) is 6.53. The number of amides is 1. The van der Waals surface area contributed by atoms with Gasteiger partial charge in [-0.1, -0.05) is 0 Å². The van der Waals surface area contributed by atoms with Crippen LogP contribution in [0.25, 0.3) is 11.1 Å². The van der Waals surface area contributed by atoms with E-state index in [1.54, 1.807) is 18.2 Å². The minimum absolute atomic E-state index is 0.0128. The van der Waals surface area contributed by atoms with E-state index < -0.39 is 0 Å². The Hall–Kier alpha value is -1.99. The Balaban J connectivity index is 1.68. The molecule has 0 radical (unpaired) electrons.